The molecule has 5 heterocycles. The molecular weight excluding hydrogens is 454 g/mol. The van der Waals surface area contributed by atoms with E-state index in [-0.39, 0.29) is 29.0 Å². The van der Waals surface area contributed by atoms with Crippen LogP contribution in [0.5, 0.6) is 5.75 Å². The van der Waals surface area contributed by atoms with E-state index in [1.165, 1.54) is 36.3 Å². The van der Waals surface area contributed by atoms with Crippen LogP contribution in [-0.4, -0.2) is 39.7 Å². The summed E-state index contributed by atoms with van der Waals surface area (Å²) < 4.78 is 7.00. The van der Waals surface area contributed by atoms with E-state index in [0.717, 1.165) is 31.9 Å². The lowest BCUT2D eigenvalue weighted by Crippen LogP contribution is -2.59. The van der Waals surface area contributed by atoms with Gasteiger partial charge in [-0.05, 0) is 62.6 Å². The molecule has 0 aliphatic carbocycles. The standard InChI is InChI=1S/C25H28ClN5O3/c26-18-4-5-19(27-15-18)16-34-20-8-13-31(23(32)14-20)21-6-7-22(29-24(21)33)30-12-3-10-25(17-30)9-1-2-11-28-25/h4-8,13-15,28H,1-3,9-12,16-17H2,(H,29,33). The molecule has 0 amide bonds. The van der Waals surface area contributed by atoms with Crippen LogP contribution in [0.3, 0.4) is 0 Å². The van der Waals surface area contributed by atoms with E-state index in [0.29, 0.717) is 16.5 Å². The van der Waals surface area contributed by atoms with Crippen molar-refractivity contribution in [2.24, 2.45) is 0 Å². The number of nitrogens with zero attached hydrogens (tertiary/aromatic N) is 3. The average Bonchev–Trinajstić information content (AvgIpc) is 2.85. The third-order valence-corrected chi connectivity index (χ3v) is 6.92. The quantitative estimate of drug-likeness (QED) is 0.581. The molecular formula is C25H28ClN5O3. The summed E-state index contributed by atoms with van der Waals surface area (Å²) in [7, 11) is 0. The molecule has 3 aromatic heterocycles. The third kappa shape index (κ3) is 4.88. The number of nitrogens with one attached hydrogen (secondary N) is 2. The van der Waals surface area contributed by atoms with Crippen LogP contribution < -0.4 is 26.1 Å². The van der Waals surface area contributed by atoms with Gasteiger partial charge in [0.05, 0.1) is 10.7 Å². The van der Waals surface area contributed by atoms with Gasteiger partial charge in [-0.25, -0.2) is 0 Å². The first-order chi connectivity index (χ1) is 16.5. The first kappa shape index (κ1) is 22.7. The van der Waals surface area contributed by atoms with E-state index in [1.54, 1.807) is 36.7 Å². The van der Waals surface area contributed by atoms with Crippen LogP contribution in [0.15, 0.2) is 58.4 Å². The minimum absolute atomic E-state index is 0.139. The molecule has 1 atom stereocenters. The van der Waals surface area contributed by atoms with Gasteiger partial charge in [0.1, 0.15) is 23.9 Å². The van der Waals surface area contributed by atoms with Crippen molar-refractivity contribution in [2.75, 3.05) is 24.5 Å². The van der Waals surface area contributed by atoms with Crippen LogP contribution in [0.1, 0.15) is 37.8 Å². The number of aromatic nitrogens is 3. The van der Waals surface area contributed by atoms with Crippen molar-refractivity contribution in [1.82, 2.24) is 19.9 Å². The van der Waals surface area contributed by atoms with E-state index < -0.39 is 0 Å². The van der Waals surface area contributed by atoms with Gasteiger partial charge in [-0.1, -0.05) is 18.0 Å². The molecule has 9 heteroatoms. The topological polar surface area (TPSA) is 92.2 Å². The van der Waals surface area contributed by atoms with Gasteiger partial charge in [0.2, 0.25) is 0 Å². The van der Waals surface area contributed by atoms with E-state index >= 15 is 0 Å². The monoisotopic (exact) mass is 481 g/mol. The normalized spacial score (nSPS) is 20.4. The van der Waals surface area contributed by atoms with Gasteiger partial charge in [0.15, 0.2) is 0 Å². The lowest BCUT2D eigenvalue weighted by Gasteiger charge is -2.46. The fourth-order valence-electron chi connectivity index (χ4n) is 4.94. The van der Waals surface area contributed by atoms with Crippen LogP contribution in [0.4, 0.5) is 5.82 Å². The number of aromatic amines is 1. The van der Waals surface area contributed by atoms with Gasteiger partial charge in [0.25, 0.3) is 11.1 Å². The molecule has 34 heavy (non-hydrogen) atoms. The van der Waals surface area contributed by atoms with Crippen molar-refractivity contribution < 1.29 is 4.74 Å². The summed E-state index contributed by atoms with van der Waals surface area (Å²) in [6, 6.07) is 10.1. The lowest BCUT2D eigenvalue weighted by atomic mass is 9.82. The highest BCUT2D eigenvalue weighted by atomic mass is 35.5. The Bertz CT molecular complexity index is 1260. The molecule has 1 spiro atoms. The molecule has 8 nitrogen and oxygen atoms in total. The van der Waals surface area contributed by atoms with Gasteiger partial charge in [-0.3, -0.25) is 19.1 Å². The molecule has 0 saturated carbocycles. The van der Waals surface area contributed by atoms with Crippen LogP contribution >= 0.6 is 11.6 Å². The smallest absolute Gasteiger partial charge is 0.273 e. The van der Waals surface area contributed by atoms with Gasteiger partial charge >= 0.3 is 0 Å². The van der Waals surface area contributed by atoms with Gasteiger partial charge < -0.3 is 19.9 Å². The number of H-pyrrole nitrogens is 1. The summed E-state index contributed by atoms with van der Waals surface area (Å²) in [6.07, 6.45) is 9.00. The number of halogens is 1. The first-order valence-corrected chi connectivity index (χ1v) is 12.1. The number of rotatable bonds is 5. The molecule has 2 aliphatic rings. The Labute approximate surface area is 202 Å². The Kier molecular flexibility index (Phi) is 6.43. The molecule has 2 aliphatic heterocycles. The highest BCUT2D eigenvalue weighted by Gasteiger charge is 2.36. The molecule has 1 unspecified atom stereocenters. The second-order valence-electron chi connectivity index (χ2n) is 9.07. The number of pyridine rings is 3. The zero-order chi connectivity index (χ0) is 23.5. The van der Waals surface area contributed by atoms with E-state index in [4.69, 9.17) is 16.3 Å². The van der Waals surface area contributed by atoms with Crippen LogP contribution in [0, 0.1) is 0 Å². The van der Waals surface area contributed by atoms with Gasteiger partial charge in [-0.2, -0.15) is 0 Å². The highest BCUT2D eigenvalue weighted by Crippen LogP contribution is 2.31. The van der Waals surface area contributed by atoms with E-state index in [1.807, 2.05) is 6.07 Å². The van der Waals surface area contributed by atoms with Gasteiger partial charge in [0, 0.05) is 37.1 Å². The SMILES string of the molecule is O=c1[nH]c(N2CCCC3(CCCCN3)C2)ccc1-n1ccc(OCc2ccc(Cl)cn2)cc1=O. The van der Waals surface area contributed by atoms with E-state index in [9.17, 15) is 9.59 Å². The summed E-state index contributed by atoms with van der Waals surface area (Å²) in [5.74, 6) is 1.20. The molecule has 0 radical (unpaired) electrons. The summed E-state index contributed by atoms with van der Waals surface area (Å²) in [5.41, 5.74) is 0.476. The summed E-state index contributed by atoms with van der Waals surface area (Å²) in [4.78, 5) is 35.0. The zero-order valence-electron chi connectivity index (χ0n) is 18.9. The number of hydrogen-bond donors (Lipinski definition) is 2. The fourth-order valence-corrected chi connectivity index (χ4v) is 5.06. The maximum absolute atomic E-state index is 12.9. The minimum atomic E-state index is -0.344. The molecule has 3 aromatic rings. The summed E-state index contributed by atoms with van der Waals surface area (Å²) in [6.45, 7) is 3.06. The molecule has 178 valence electrons. The molecule has 0 bridgehead atoms. The number of anilines is 1. The first-order valence-electron chi connectivity index (χ1n) is 11.7. The molecule has 5 rings (SSSR count). The van der Waals surface area contributed by atoms with Crippen molar-refractivity contribution in [1.29, 1.82) is 0 Å². The van der Waals surface area contributed by atoms with E-state index in [2.05, 4.69) is 20.2 Å². The largest absolute Gasteiger partial charge is 0.487 e. The second-order valence-corrected chi connectivity index (χ2v) is 9.51. The average molecular weight is 482 g/mol. The molecule has 2 saturated heterocycles. The second kappa shape index (κ2) is 9.64. The number of hydrogen-bond acceptors (Lipinski definition) is 6. The molecule has 2 N–H and O–H groups in total. The van der Waals surface area contributed by atoms with Crippen molar-refractivity contribution >= 4 is 17.4 Å². The Morgan fingerprint density at radius 3 is 2.71 bits per heavy atom. The predicted molar refractivity (Wildman–Crippen MR) is 132 cm³/mol. The fraction of sp³-hybridized carbons (Fsp3) is 0.400. The lowest BCUT2D eigenvalue weighted by molar-refractivity contribution is 0.216. The third-order valence-electron chi connectivity index (χ3n) is 6.70. The highest BCUT2D eigenvalue weighted by molar-refractivity contribution is 6.30. The maximum atomic E-state index is 12.9. The van der Waals surface area contributed by atoms with Gasteiger partial charge in [-0.15, -0.1) is 0 Å². The summed E-state index contributed by atoms with van der Waals surface area (Å²) >= 11 is 5.85. The number of piperidine rings is 2. The Morgan fingerprint density at radius 1 is 1.09 bits per heavy atom. The zero-order valence-corrected chi connectivity index (χ0v) is 19.7. The van der Waals surface area contributed by atoms with Crippen molar-refractivity contribution in [3.8, 4) is 11.4 Å². The Morgan fingerprint density at radius 2 is 1.97 bits per heavy atom. The Balaban J connectivity index is 1.30. The minimum Gasteiger partial charge on any atom is -0.487 e. The van der Waals surface area contributed by atoms with Crippen molar-refractivity contribution in [3.05, 3.63) is 80.2 Å². The molecule has 0 aromatic carbocycles. The van der Waals surface area contributed by atoms with Crippen LogP contribution in [0.25, 0.3) is 5.69 Å². The number of ether oxygens (including phenoxy) is 1. The predicted octanol–water partition coefficient (Wildman–Crippen LogP) is 3.27. The Hall–Kier alpha value is -3.10. The van der Waals surface area contributed by atoms with Crippen molar-refractivity contribution in [2.45, 2.75) is 44.2 Å². The van der Waals surface area contributed by atoms with Crippen molar-refractivity contribution in [3.63, 3.8) is 0 Å². The maximum Gasteiger partial charge on any atom is 0.273 e. The van der Waals surface area contributed by atoms with Crippen LogP contribution in [0.2, 0.25) is 5.02 Å². The summed E-state index contributed by atoms with van der Waals surface area (Å²) in [5, 5.41) is 4.27. The molecule has 2 fully saturated rings. The van der Waals surface area contributed by atoms with Crippen LogP contribution in [-0.2, 0) is 6.61 Å².